The van der Waals surface area contributed by atoms with Crippen LogP contribution >= 0.6 is 0 Å². The van der Waals surface area contributed by atoms with E-state index >= 15 is 0 Å². The molecular weight excluding hydrogens is 523 g/mol. The lowest BCUT2D eigenvalue weighted by atomic mass is 9.72. The van der Waals surface area contributed by atoms with E-state index in [0.29, 0.717) is 55.8 Å². The molecule has 4 unspecified atom stereocenters. The van der Waals surface area contributed by atoms with Crippen LogP contribution in [0.3, 0.4) is 0 Å². The summed E-state index contributed by atoms with van der Waals surface area (Å²) < 4.78 is 33.2. The van der Waals surface area contributed by atoms with Gasteiger partial charge >= 0.3 is 6.01 Å². The largest absolute Gasteiger partial charge is 0.461 e. The van der Waals surface area contributed by atoms with Gasteiger partial charge in [0.1, 0.15) is 30.3 Å². The van der Waals surface area contributed by atoms with Crippen LogP contribution < -0.4 is 15.4 Å². The Labute approximate surface area is 240 Å². The monoisotopic (exact) mass is 562 g/mol. The van der Waals surface area contributed by atoms with Gasteiger partial charge in [-0.25, -0.2) is 4.39 Å². The quantitative estimate of drug-likeness (QED) is 0.528. The highest BCUT2D eigenvalue weighted by Crippen LogP contribution is 2.48. The molecule has 4 atom stereocenters. The number of nitrogens with two attached hydrogens (primary N) is 1. The van der Waals surface area contributed by atoms with Gasteiger partial charge in [-0.2, -0.15) is 15.2 Å². The second-order valence-corrected chi connectivity index (χ2v) is 12.7. The van der Waals surface area contributed by atoms with Crippen LogP contribution in [-0.2, 0) is 34.5 Å². The predicted molar refractivity (Wildman–Crippen MR) is 151 cm³/mol. The maximum absolute atomic E-state index is 14.4. The van der Waals surface area contributed by atoms with E-state index in [4.69, 9.17) is 29.9 Å². The Morgan fingerprint density at radius 2 is 2.20 bits per heavy atom. The first kappa shape index (κ1) is 26.9. The third-order valence-electron chi connectivity index (χ3n) is 10.1. The summed E-state index contributed by atoms with van der Waals surface area (Å²) in [5.41, 5.74) is 10.2. The number of ether oxygens (including phenoxy) is 3. The zero-order valence-electron chi connectivity index (χ0n) is 23.8. The molecule has 0 bridgehead atoms. The lowest BCUT2D eigenvalue weighted by molar-refractivity contribution is -0.0857. The van der Waals surface area contributed by atoms with Crippen molar-refractivity contribution in [1.29, 1.82) is 5.26 Å². The zero-order chi connectivity index (χ0) is 28.2. The van der Waals surface area contributed by atoms with E-state index in [1.165, 1.54) is 0 Å². The van der Waals surface area contributed by atoms with E-state index in [0.717, 1.165) is 93.0 Å². The van der Waals surface area contributed by atoms with Gasteiger partial charge in [0.25, 0.3) is 0 Å². The van der Waals surface area contributed by atoms with Gasteiger partial charge in [0.2, 0.25) is 0 Å². The molecule has 218 valence electrons. The van der Waals surface area contributed by atoms with E-state index in [1.54, 1.807) is 0 Å². The first-order valence-corrected chi connectivity index (χ1v) is 15.1. The van der Waals surface area contributed by atoms with Gasteiger partial charge in [0, 0.05) is 62.3 Å². The summed E-state index contributed by atoms with van der Waals surface area (Å²) in [6, 6.07) is 6.56. The van der Waals surface area contributed by atoms with Gasteiger partial charge in [0.05, 0.1) is 30.0 Å². The first-order valence-electron chi connectivity index (χ1n) is 15.1. The number of alkyl halides is 1. The lowest BCUT2D eigenvalue weighted by Crippen LogP contribution is -2.44. The molecule has 5 heterocycles. The Morgan fingerprint density at radius 1 is 1.29 bits per heavy atom. The first-order chi connectivity index (χ1) is 19.9. The molecule has 0 amide bonds. The van der Waals surface area contributed by atoms with Crippen molar-refractivity contribution >= 4 is 11.5 Å². The number of aryl methyl sites for hydroxylation is 1. The van der Waals surface area contributed by atoms with Crippen molar-refractivity contribution < 1.29 is 18.6 Å². The van der Waals surface area contributed by atoms with Crippen molar-refractivity contribution in [2.75, 3.05) is 57.1 Å². The van der Waals surface area contributed by atoms with Crippen LogP contribution in [0, 0.1) is 17.2 Å². The van der Waals surface area contributed by atoms with Gasteiger partial charge in [-0.1, -0.05) is 6.07 Å². The van der Waals surface area contributed by atoms with Crippen molar-refractivity contribution in [3.63, 3.8) is 0 Å². The highest BCUT2D eigenvalue weighted by atomic mass is 19.1. The molecule has 1 spiro atoms. The fourth-order valence-electron chi connectivity index (χ4n) is 8.07. The van der Waals surface area contributed by atoms with E-state index in [9.17, 15) is 9.65 Å². The normalized spacial score (nSPS) is 30.6. The standard InChI is InChI=1S/C31H39FN6O3/c1-37(15-20-7-11-39-17-20)28-24-18-41-31(9-2-4-21-5-6-25(34)23(14-33)27(21)31)13-26(24)35-29(36-28)40-19-30-8-3-10-38(30)16-22(32)12-30/h5-6,20,22H,2-4,7-13,15-19,34H2,1H3. The molecule has 3 fully saturated rings. The van der Waals surface area contributed by atoms with Crippen LogP contribution in [0.5, 0.6) is 6.01 Å². The molecule has 1 aromatic carbocycles. The Hall–Kier alpha value is -3.00. The number of benzene rings is 1. The summed E-state index contributed by atoms with van der Waals surface area (Å²) in [5, 5.41) is 10.1. The lowest BCUT2D eigenvalue weighted by Gasteiger charge is -2.43. The van der Waals surface area contributed by atoms with E-state index < -0.39 is 11.8 Å². The maximum atomic E-state index is 14.4. The van der Waals surface area contributed by atoms with Crippen LogP contribution in [-0.4, -0.2) is 73.1 Å². The number of nitrogen functional groups attached to an aromatic ring is 1. The molecule has 41 heavy (non-hydrogen) atoms. The van der Waals surface area contributed by atoms with Crippen LogP contribution in [0.25, 0.3) is 0 Å². The van der Waals surface area contributed by atoms with E-state index in [2.05, 4.69) is 22.9 Å². The highest BCUT2D eigenvalue weighted by Gasteiger charge is 2.50. The van der Waals surface area contributed by atoms with Gasteiger partial charge < -0.3 is 24.8 Å². The van der Waals surface area contributed by atoms with E-state index in [1.807, 2.05) is 12.1 Å². The Morgan fingerprint density at radius 3 is 3.02 bits per heavy atom. The Kier molecular flexibility index (Phi) is 6.80. The molecule has 7 rings (SSSR count). The summed E-state index contributed by atoms with van der Waals surface area (Å²) >= 11 is 0. The molecule has 0 saturated carbocycles. The number of aromatic nitrogens is 2. The molecule has 1 aromatic heterocycles. The average Bonchev–Trinajstić information content (AvgIpc) is 3.68. The number of hydrogen-bond donors (Lipinski definition) is 1. The van der Waals surface area contributed by atoms with Crippen LogP contribution in [0.2, 0.25) is 0 Å². The van der Waals surface area contributed by atoms with Crippen LogP contribution in [0.15, 0.2) is 12.1 Å². The minimum absolute atomic E-state index is 0.280. The third kappa shape index (κ3) is 4.62. The molecule has 0 radical (unpaired) electrons. The number of nitriles is 1. The third-order valence-corrected chi connectivity index (χ3v) is 10.1. The molecule has 3 saturated heterocycles. The SMILES string of the molecule is CN(CC1CCOC1)c1nc(OCC23CCCN2CC(F)C3)nc2c1COC1(CCCc3ccc(N)c(C#N)c31)C2. The van der Waals surface area contributed by atoms with Gasteiger partial charge in [-0.3, -0.25) is 4.90 Å². The van der Waals surface area contributed by atoms with Gasteiger partial charge in [-0.15, -0.1) is 0 Å². The second-order valence-electron chi connectivity index (χ2n) is 12.7. The molecule has 1 aliphatic carbocycles. The van der Waals surface area contributed by atoms with Crippen LogP contribution in [0.4, 0.5) is 15.9 Å². The Balaban J connectivity index is 1.25. The molecule has 4 aliphatic heterocycles. The molecule has 10 heteroatoms. The smallest absolute Gasteiger partial charge is 0.318 e. The van der Waals surface area contributed by atoms with Crippen molar-refractivity contribution in [2.24, 2.45) is 5.92 Å². The second kappa shape index (κ2) is 10.4. The molecule has 2 N–H and O–H groups in total. The maximum Gasteiger partial charge on any atom is 0.318 e. The zero-order valence-corrected chi connectivity index (χ0v) is 23.8. The van der Waals surface area contributed by atoms with E-state index in [-0.39, 0.29) is 5.54 Å². The number of fused-ring (bicyclic) bond motifs is 4. The molecule has 5 aliphatic rings. The predicted octanol–water partition coefficient (Wildman–Crippen LogP) is 3.66. The summed E-state index contributed by atoms with van der Waals surface area (Å²) in [4.78, 5) is 14.3. The number of hydrogen-bond acceptors (Lipinski definition) is 9. The molecule has 2 aromatic rings. The number of rotatable bonds is 6. The summed E-state index contributed by atoms with van der Waals surface area (Å²) in [7, 11) is 2.06. The summed E-state index contributed by atoms with van der Waals surface area (Å²) in [6.45, 7) is 4.47. The number of anilines is 2. The minimum atomic E-state index is -0.816. The summed E-state index contributed by atoms with van der Waals surface area (Å²) in [6.07, 6.45) is 5.86. The van der Waals surface area contributed by atoms with Gasteiger partial charge in [-0.05, 0) is 56.7 Å². The molecular formula is C31H39FN6O3. The highest BCUT2D eigenvalue weighted by molar-refractivity contribution is 5.63. The van der Waals surface area contributed by atoms with Crippen molar-refractivity contribution in [3.8, 4) is 12.1 Å². The molecule has 9 nitrogen and oxygen atoms in total. The fourth-order valence-corrected chi connectivity index (χ4v) is 8.07. The number of halogens is 1. The van der Waals surface area contributed by atoms with Gasteiger partial charge in [0.15, 0.2) is 0 Å². The minimum Gasteiger partial charge on any atom is -0.461 e. The van der Waals surface area contributed by atoms with Crippen LogP contribution in [0.1, 0.15) is 66.5 Å². The number of nitrogens with zero attached hydrogens (tertiary/aromatic N) is 5. The topological polar surface area (TPSA) is 110 Å². The average molecular weight is 563 g/mol. The fraction of sp³-hybridized carbons (Fsp3) is 0.645. The summed E-state index contributed by atoms with van der Waals surface area (Å²) in [5.74, 6) is 1.24. The van der Waals surface area contributed by atoms with Crippen molar-refractivity contribution in [1.82, 2.24) is 14.9 Å². The Bertz CT molecular complexity index is 1380. The van der Waals surface area contributed by atoms with Crippen molar-refractivity contribution in [3.05, 3.63) is 40.1 Å². The van der Waals surface area contributed by atoms with Crippen molar-refractivity contribution in [2.45, 2.75) is 75.3 Å².